The summed E-state index contributed by atoms with van der Waals surface area (Å²) in [6, 6.07) is 6.12. The second-order valence-corrected chi connectivity index (χ2v) is 7.01. The molecule has 8 heteroatoms. The lowest BCUT2D eigenvalue weighted by molar-refractivity contribution is 0.0168. The lowest BCUT2D eigenvalue weighted by Gasteiger charge is -2.13. The van der Waals surface area contributed by atoms with Crippen molar-refractivity contribution in [3.63, 3.8) is 0 Å². The van der Waals surface area contributed by atoms with Crippen molar-refractivity contribution in [3.8, 4) is 11.5 Å². The summed E-state index contributed by atoms with van der Waals surface area (Å²) in [6.45, 7) is 6.62. The van der Waals surface area contributed by atoms with Gasteiger partial charge < -0.3 is 29.6 Å². The van der Waals surface area contributed by atoms with Crippen molar-refractivity contribution in [2.24, 2.45) is 4.99 Å². The molecule has 0 saturated carbocycles. The minimum Gasteiger partial charge on any atom is -0.493 e. The Kier molecular flexibility index (Phi) is 14.7. The molecule has 1 atom stereocenters. The van der Waals surface area contributed by atoms with Gasteiger partial charge in [0.1, 0.15) is 0 Å². The molecule has 0 aromatic heterocycles. The summed E-state index contributed by atoms with van der Waals surface area (Å²) < 4.78 is 22.2. The van der Waals surface area contributed by atoms with Crippen LogP contribution in [0.1, 0.15) is 38.2 Å². The number of ether oxygens (including phenoxy) is 4. The van der Waals surface area contributed by atoms with Crippen molar-refractivity contribution < 1.29 is 18.9 Å². The van der Waals surface area contributed by atoms with E-state index in [4.69, 9.17) is 18.9 Å². The first kappa shape index (κ1) is 26.8. The van der Waals surface area contributed by atoms with Crippen molar-refractivity contribution in [2.45, 2.75) is 45.1 Å². The number of aryl methyl sites for hydroxylation is 1. The van der Waals surface area contributed by atoms with Gasteiger partial charge in [0.2, 0.25) is 0 Å². The van der Waals surface area contributed by atoms with Crippen LogP contribution in [0.15, 0.2) is 23.2 Å². The fraction of sp³-hybridized carbons (Fsp3) is 0.682. The van der Waals surface area contributed by atoms with Gasteiger partial charge in [0.05, 0.1) is 26.4 Å². The van der Waals surface area contributed by atoms with E-state index in [1.807, 2.05) is 13.0 Å². The molecule has 1 saturated heterocycles. The maximum atomic E-state index is 5.68. The summed E-state index contributed by atoms with van der Waals surface area (Å²) in [5, 5.41) is 6.69. The monoisotopic (exact) mass is 535 g/mol. The quantitative estimate of drug-likeness (QED) is 0.175. The van der Waals surface area contributed by atoms with Crippen molar-refractivity contribution in [3.05, 3.63) is 23.8 Å². The van der Waals surface area contributed by atoms with Crippen molar-refractivity contribution >= 4 is 29.9 Å². The van der Waals surface area contributed by atoms with Crippen LogP contribution in [-0.2, 0) is 15.9 Å². The van der Waals surface area contributed by atoms with Crippen LogP contribution in [0.5, 0.6) is 11.5 Å². The first-order valence-electron chi connectivity index (χ1n) is 10.7. The zero-order valence-corrected chi connectivity index (χ0v) is 20.9. The van der Waals surface area contributed by atoms with Gasteiger partial charge >= 0.3 is 0 Å². The average molecular weight is 535 g/mol. The highest BCUT2D eigenvalue weighted by molar-refractivity contribution is 14.0. The number of rotatable bonds is 13. The molecule has 1 aliphatic heterocycles. The highest BCUT2D eigenvalue weighted by Crippen LogP contribution is 2.28. The number of hydrogen-bond donors (Lipinski definition) is 2. The minimum atomic E-state index is 0. The topological polar surface area (TPSA) is 73.3 Å². The molecule has 0 aliphatic carbocycles. The number of hydrogen-bond acceptors (Lipinski definition) is 5. The average Bonchev–Trinajstić information content (AvgIpc) is 3.26. The molecule has 1 aromatic rings. The largest absolute Gasteiger partial charge is 0.493 e. The molecule has 0 amide bonds. The van der Waals surface area contributed by atoms with E-state index in [0.29, 0.717) is 19.3 Å². The fourth-order valence-corrected chi connectivity index (χ4v) is 3.24. The molecular weight excluding hydrogens is 497 g/mol. The molecule has 1 unspecified atom stereocenters. The van der Waals surface area contributed by atoms with Gasteiger partial charge in [0.25, 0.3) is 0 Å². The Labute approximate surface area is 198 Å². The van der Waals surface area contributed by atoms with Gasteiger partial charge in [0, 0.05) is 33.4 Å². The van der Waals surface area contributed by atoms with E-state index in [-0.39, 0.29) is 24.0 Å². The smallest absolute Gasteiger partial charge is 0.190 e. The van der Waals surface area contributed by atoms with E-state index in [0.717, 1.165) is 75.9 Å². The van der Waals surface area contributed by atoms with Crippen LogP contribution in [0.4, 0.5) is 0 Å². The SMILES string of the molecule is CCOc1cc(CCCNC(=NC)NCCCOCC2CCCO2)ccc1OC.I. The van der Waals surface area contributed by atoms with Gasteiger partial charge in [-0.3, -0.25) is 4.99 Å². The van der Waals surface area contributed by atoms with Crippen LogP contribution >= 0.6 is 24.0 Å². The first-order valence-corrected chi connectivity index (χ1v) is 10.7. The molecule has 30 heavy (non-hydrogen) atoms. The molecule has 2 rings (SSSR count). The van der Waals surface area contributed by atoms with Gasteiger partial charge in [0.15, 0.2) is 17.5 Å². The fourth-order valence-electron chi connectivity index (χ4n) is 3.24. The highest BCUT2D eigenvalue weighted by atomic mass is 127. The number of methoxy groups -OCH3 is 1. The van der Waals surface area contributed by atoms with Gasteiger partial charge in [-0.2, -0.15) is 0 Å². The molecule has 7 nitrogen and oxygen atoms in total. The van der Waals surface area contributed by atoms with Gasteiger partial charge in [-0.05, 0) is 56.7 Å². The van der Waals surface area contributed by atoms with Crippen molar-refractivity contribution in [1.82, 2.24) is 10.6 Å². The van der Waals surface area contributed by atoms with Crippen LogP contribution in [0, 0.1) is 0 Å². The molecule has 1 fully saturated rings. The minimum absolute atomic E-state index is 0. The molecule has 0 bridgehead atoms. The maximum Gasteiger partial charge on any atom is 0.190 e. The summed E-state index contributed by atoms with van der Waals surface area (Å²) in [7, 11) is 3.46. The zero-order chi connectivity index (χ0) is 20.7. The van der Waals surface area contributed by atoms with E-state index in [9.17, 15) is 0 Å². The van der Waals surface area contributed by atoms with Crippen LogP contribution in [0.3, 0.4) is 0 Å². The molecule has 0 radical (unpaired) electrons. The van der Waals surface area contributed by atoms with E-state index in [1.54, 1.807) is 14.2 Å². The third kappa shape index (κ3) is 10.2. The Morgan fingerprint density at radius 3 is 2.67 bits per heavy atom. The summed E-state index contributed by atoms with van der Waals surface area (Å²) >= 11 is 0. The van der Waals surface area contributed by atoms with Crippen LogP contribution in [0.2, 0.25) is 0 Å². The Hall–Kier alpha value is -1.26. The standard InChI is InChI=1S/C22H37N3O4.HI/c1-4-28-21-16-18(10-11-20(21)26-3)8-5-12-24-22(23-2)25-13-7-14-27-17-19-9-6-15-29-19;/h10-11,16,19H,4-9,12-15,17H2,1-3H3,(H2,23,24,25);1H. The van der Waals surface area contributed by atoms with E-state index >= 15 is 0 Å². The molecule has 2 N–H and O–H groups in total. The number of halogens is 1. The zero-order valence-electron chi connectivity index (χ0n) is 18.6. The number of nitrogens with zero attached hydrogens (tertiary/aromatic N) is 1. The van der Waals surface area contributed by atoms with E-state index in [1.165, 1.54) is 5.56 Å². The van der Waals surface area contributed by atoms with Crippen LogP contribution < -0.4 is 20.1 Å². The molecule has 1 aliphatic rings. The second kappa shape index (κ2) is 16.4. The summed E-state index contributed by atoms with van der Waals surface area (Å²) in [5.41, 5.74) is 1.24. The molecule has 172 valence electrons. The molecular formula is C22H38IN3O4. The molecule has 0 spiro atoms. The summed E-state index contributed by atoms with van der Waals surface area (Å²) in [4.78, 5) is 4.27. The highest BCUT2D eigenvalue weighted by Gasteiger charge is 2.14. The Balaban J connectivity index is 0.00000450. The number of guanidine groups is 1. The Bertz CT molecular complexity index is 610. The maximum absolute atomic E-state index is 5.68. The van der Waals surface area contributed by atoms with Crippen molar-refractivity contribution in [1.29, 1.82) is 0 Å². The lowest BCUT2D eigenvalue weighted by atomic mass is 10.1. The van der Waals surface area contributed by atoms with Crippen LogP contribution in [0.25, 0.3) is 0 Å². The Morgan fingerprint density at radius 1 is 1.20 bits per heavy atom. The van der Waals surface area contributed by atoms with Gasteiger partial charge in [-0.25, -0.2) is 0 Å². The predicted molar refractivity (Wildman–Crippen MR) is 132 cm³/mol. The molecule has 1 heterocycles. The van der Waals surface area contributed by atoms with Crippen LogP contribution in [-0.4, -0.2) is 65.7 Å². The molecule has 1 aromatic carbocycles. The van der Waals surface area contributed by atoms with E-state index < -0.39 is 0 Å². The second-order valence-electron chi connectivity index (χ2n) is 7.01. The van der Waals surface area contributed by atoms with Gasteiger partial charge in [-0.15, -0.1) is 24.0 Å². The normalized spacial score (nSPS) is 16.1. The summed E-state index contributed by atoms with van der Waals surface area (Å²) in [6.07, 6.45) is 5.49. The predicted octanol–water partition coefficient (Wildman–Crippen LogP) is 3.40. The summed E-state index contributed by atoms with van der Waals surface area (Å²) in [5.74, 6) is 2.41. The number of nitrogens with one attached hydrogen (secondary N) is 2. The third-order valence-electron chi connectivity index (χ3n) is 4.77. The lowest BCUT2D eigenvalue weighted by Crippen LogP contribution is -2.38. The number of aliphatic imine (C=N–C) groups is 1. The Morgan fingerprint density at radius 2 is 2.00 bits per heavy atom. The van der Waals surface area contributed by atoms with E-state index in [2.05, 4.69) is 27.8 Å². The van der Waals surface area contributed by atoms with Gasteiger partial charge in [-0.1, -0.05) is 6.07 Å². The van der Waals surface area contributed by atoms with Crippen molar-refractivity contribution in [2.75, 3.05) is 53.7 Å². The third-order valence-corrected chi connectivity index (χ3v) is 4.77. The number of benzene rings is 1. The first-order chi connectivity index (χ1) is 14.3.